The number of ketones is 1. The molecule has 3 aromatic carbocycles. The van der Waals surface area contributed by atoms with Crippen molar-refractivity contribution >= 4 is 40.0 Å². The highest BCUT2D eigenvalue weighted by Crippen LogP contribution is 2.21. The van der Waals surface area contributed by atoms with Crippen molar-refractivity contribution < 1.29 is 14.4 Å². The standard InChI is InChI=1S/C24H23N5O4/c1-15-7-10-20(28-22(31)18-9-8-16-5-2-3-6-17(16)14-18)19(13-15)21(30)23(32)26-11-4-12-27-24(25)29-33/h2-3,5-10,13-14H,4,11-12H2,1H3,(H2,25,27)(H,26,32)(H,28,31). The van der Waals surface area contributed by atoms with Gasteiger partial charge < -0.3 is 16.4 Å². The van der Waals surface area contributed by atoms with E-state index >= 15 is 0 Å². The minimum absolute atomic E-state index is 0.0917. The van der Waals surface area contributed by atoms with Crippen molar-refractivity contribution in [3.63, 3.8) is 0 Å². The summed E-state index contributed by atoms with van der Waals surface area (Å²) in [4.78, 5) is 51.8. The number of carbonyl (C=O) groups excluding carboxylic acids is 3. The fourth-order valence-electron chi connectivity index (χ4n) is 3.19. The number of nitrogens with two attached hydrogens (primary N) is 1. The Balaban J connectivity index is 1.71. The van der Waals surface area contributed by atoms with Crippen molar-refractivity contribution in [2.45, 2.75) is 13.3 Å². The van der Waals surface area contributed by atoms with Crippen LogP contribution in [0, 0.1) is 11.8 Å². The van der Waals surface area contributed by atoms with Crippen molar-refractivity contribution in [2.75, 3.05) is 18.4 Å². The van der Waals surface area contributed by atoms with E-state index in [1.54, 1.807) is 37.3 Å². The molecule has 0 saturated heterocycles. The first-order valence-corrected chi connectivity index (χ1v) is 10.3. The van der Waals surface area contributed by atoms with Gasteiger partial charge in [-0.1, -0.05) is 42.0 Å². The van der Waals surface area contributed by atoms with Crippen molar-refractivity contribution in [2.24, 2.45) is 15.9 Å². The van der Waals surface area contributed by atoms with Crippen LogP contribution in [0.5, 0.6) is 0 Å². The number of nitroso groups, excluding NO2 is 1. The summed E-state index contributed by atoms with van der Waals surface area (Å²) in [7, 11) is 0. The Bertz CT molecular complexity index is 1250. The van der Waals surface area contributed by atoms with Crippen LogP contribution >= 0.6 is 0 Å². The number of guanidine groups is 1. The van der Waals surface area contributed by atoms with Gasteiger partial charge in [-0.15, -0.1) is 4.91 Å². The van der Waals surface area contributed by atoms with E-state index in [0.29, 0.717) is 12.0 Å². The molecule has 3 aromatic rings. The lowest BCUT2D eigenvalue weighted by Crippen LogP contribution is -2.32. The van der Waals surface area contributed by atoms with Crippen LogP contribution in [0.15, 0.2) is 70.8 Å². The SMILES string of the molecule is Cc1ccc(NC(=O)c2ccc3ccccc3c2)c(C(=O)C(=O)NCCCN=C(N)N=O)c1. The van der Waals surface area contributed by atoms with Crippen LogP contribution in [0.2, 0.25) is 0 Å². The zero-order chi connectivity index (χ0) is 23.8. The number of anilines is 1. The Morgan fingerprint density at radius 3 is 2.48 bits per heavy atom. The summed E-state index contributed by atoms with van der Waals surface area (Å²) < 4.78 is 0. The number of benzene rings is 3. The Hall–Kier alpha value is -4.40. The zero-order valence-corrected chi connectivity index (χ0v) is 18.0. The third-order valence-electron chi connectivity index (χ3n) is 4.87. The number of amides is 2. The molecule has 4 N–H and O–H groups in total. The first-order valence-electron chi connectivity index (χ1n) is 10.3. The van der Waals surface area contributed by atoms with Crippen LogP contribution in [0.4, 0.5) is 5.69 Å². The lowest BCUT2D eigenvalue weighted by Gasteiger charge is -2.12. The number of Topliss-reactive ketones (excluding diaryl/α,β-unsaturated/α-hetero) is 1. The van der Waals surface area contributed by atoms with Gasteiger partial charge in [-0.2, -0.15) is 0 Å². The largest absolute Gasteiger partial charge is 0.365 e. The van der Waals surface area contributed by atoms with E-state index in [-0.39, 0.29) is 30.3 Å². The van der Waals surface area contributed by atoms with Gasteiger partial charge in [0.1, 0.15) is 0 Å². The Kier molecular flexibility index (Phi) is 7.59. The third-order valence-corrected chi connectivity index (χ3v) is 4.87. The number of hydrogen-bond donors (Lipinski definition) is 3. The van der Waals surface area contributed by atoms with Gasteiger partial charge in [0, 0.05) is 23.8 Å². The molecule has 0 saturated carbocycles. The van der Waals surface area contributed by atoms with Gasteiger partial charge in [-0.25, -0.2) is 4.99 Å². The van der Waals surface area contributed by atoms with Crippen LogP contribution in [0.1, 0.15) is 32.7 Å². The minimum atomic E-state index is -0.813. The summed E-state index contributed by atoms with van der Waals surface area (Å²) >= 11 is 0. The van der Waals surface area contributed by atoms with E-state index in [0.717, 1.165) is 16.3 Å². The molecule has 0 aliphatic rings. The van der Waals surface area contributed by atoms with Gasteiger partial charge in [-0.3, -0.25) is 14.4 Å². The van der Waals surface area contributed by atoms with E-state index in [9.17, 15) is 19.3 Å². The molecule has 0 radical (unpaired) electrons. The molecule has 0 unspecified atom stereocenters. The van der Waals surface area contributed by atoms with Gasteiger partial charge >= 0.3 is 0 Å². The van der Waals surface area contributed by atoms with E-state index < -0.39 is 17.6 Å². The first kappa shape index (κ1) is 23.3. The Morgan fingerprint density at radius 1 is 0.970 bits per heavy atom. The Morgan fingerprint density at radius 2 is 1.73 bits per heavy atom. The second-order valence-electron chi connectivity index (χ2n) is 7.33. The monoisotopic (exact) mass is 445 g/mol. The fraction of sp³-hybridized carbons (Fsp3) is 0.167. The molecule has 9 nitrogen and oxygen atoms in total. The molecule has 0 fully saturated rings. The molecule has 168 valence electrons. The quantitative estimate of drug-likeness (QED) is 0.122. The number of hydrogen-bond acceptors (Lipinski definition) is 5. The molecule has 0 aliphatic carbocycles. The second-order valence-corrected chi connectivity index (χ2v) is 7.33. The minimum Gasteiger partial charge on any atom is -0.365 e. The molecule has 0 atom stereocenters. The van der Waals surface area contributed by atoms with Gasteiger partial charge in [0.2, 0.25) is 0 Å². The maximum atomic E-state index is 12.8. The van der Waals surface area contributed by atoms with Crippen LogP contribution in [0.3, 0.4) is 0 Å². The fourth-order valence-corrected chi connectivity index (χ4v) is 3.19. The van der Waals surface area contributed by atoms with Gasteiger partial charge in [0.05, 0.1) is 11.3 Å². The first-order chi connectivity index (χ1) is 15.9. The van der Waals surface area contributed by atoms with Gasteiger partial charge in [-0.05, 0) is 48.4 Å². The molecule has 0 heterocycles. The summed E-state index contributed by atoms with van der Waals surface area (Å²) in [5.74, 6) is -2.35. The summed E-state index contributed by atoms with van der Waals surface area (Å²) in [5, 5.41) is 9.64. The third kappa shape index (κ3) is 6.07. The van der Waals surface area contributed by atoms with E-state index in [1.165, 1.54) is 0 Å². The number of rotatable bonds is 8. The van der Waals surface area contributed by atoms with E-state index in [4.69, 9.17) is 5.73 Å². The second kappa shape index (κ2) is 10.8. The lowest BCUT2D eigenvalue weighted by molar-refractivity contribution is -0.117. The van der Waals surface area contributed by atoms with Crippen LogP contribution in [0.25, 0.3) is 10.8 Å². The highest BCUT2D eigenvalue weighted by atomic mass is 16.3. The average molecular weight is 445 g/mol. The number of aryl methyl sites for hydroxylation is 1. The molecule has 9 heteroatoms. The number of nitrogens with zero attached hydrogens (tertiary/aromatic N) is 2. The molecular weight excluding hydrogens is 422 g/mol. The summed E-state index contributed by atoms with van der Waals surface area (Å²) in [5.41, 5.74) is 6.71. The maximum absolute atomic E-state index is 12.8. The molecule has 2 amide bonds. The van der Waals surface area contributed by atoms with E-state index in [1.807, 2.05) is 30.3 Å². The van der Waals surface area contributed by atoms with Crippen molar-refractivity contribution in [1.29, 1.82) is 0 Å². The highest BCUT2D eigenvalue weighted by molar-refractivity contribution is 6.44. The number of fused-ring (bicyclic) bond motifs is 1. The van der Waals surface area contributed by atoms with E-state index in [2.05, 4.69) is 20.8 Å². The summed E-state index contributed by atoms with van der Waals surface area (Å²) in [6.07, 6.45) is 0.370. The van der Waals surface area contributed by atoms with Crippen LogP contribution in [-0.4, -0.2) is 36.6 Å². The molecule has 0 bridgehead atoms. The number of carbonyl (C=O) groups is 3. The zero-order valence-electron chi connectivity index (χ0n) is 18.0. The van der Waals surface area contributed by atoms with Crippen molar-refractivity contribution in [3.05, 3.63) is 82.3 Å². The lowest BCUT2D eigenvalue weighted by atomic mass is 10.0. The van der Waals surface area contributed by atoms with Crippen molar-refractivity contribution in [3.8, 4) is 0 Å². The number of nitrogens with one attached hydrogen (secondary N) is 2. The maximum Gasteiger partial charge on any atom is 0.292 e. The topological polar surface area (TPSA) is 143 Å². The van der Waals surface area contributed by atoms with Gasteiger partial charge in [0.25, 0.3) is 23.6 Å². The predicted octanol–water partition coefficient (Wildman–Crippen LogP) is 3.17. The Labute approximate surface area is 190 Å². The van der Waals surface area contributed by atoms with Crippen LogP contribution in [-0.2, 0) is 4.79 Å². The summed E-state index contributed by atoms with van der Waals surface area (Å²) in [6.45, 7) is 2.13. The molecule has 3 rings (SSSR count). The van der Waals surface area contributed by atoms with Crippen molar-refractivity contribution in [1.82, 2.24) is 5.32 Å². The average Bonchev–Trinajstić information content (AvgIpc) is 2.83. The molecule has 0 aromatic heterocycles. The predicted molar refractivity (Wildman–Crippen MR) is 127 cm³/mol. The summed E-state index contributed by atoms with van der Waals surface area (Å²) in [6, 6.07) is 17.9. The molecular formula is C24H23N5O4. The molecule has 0 spiro atoms. The number of aliphatic imine (C=N–C) groups is 1. The normalized spacial score (nSPS) is 11.1. The van der Waals surface area contributed by atoms with Crippen LogP contribution < -0.4 is 16.4 Å². The highest BCUT2D eigenvalue weighted by Gasteiger charge is 2.21. The molecule has 0 aliphatic heterocycles. The molecule has 33 heavy (non-hydrogen) atoms. The van der Waals surface area contributed by atoms with Gasteiger partial charge in [0.15, 0.2) is 0 Å². The smallest absolute Gasteiger partial charge is 0.292 e.